The molecular formula is C23H27FN6. The Hall–Kier alpha value is -3.35. The number of imidazole rings is 1. The summed E-state index contributed by atoms with van der Waals surface area (Å²) in [6.45, 7) is 12.6. The van der Waals surface area contributed by atoms with E-state index in [1.54, 1.807) is 43.7 Å². The Balaban J connectivity index is 1.91. The average molecular weight is 407 g/mol. The minimum atomic E-state index is -0.280. The molecule has 0 aliphatic heterocycles. The topological polar surface area (TPSA) is 80.9 Å². The second-order valence-corrected chi connectivity index (χ2v) is 8.21. The molecule has 0 spiro atoms. The molecule has 0 saturated heterocycles. The molecule has 0 aliphatic carbocycles. The molecule has 0 saturated carbocycles. The van der Waals surface area contributed by atoms with Gasteiger partial charge in [0.2, 0.25) is 0 Å². The second kappa shape index (κ2) is 8.57. The number of nitrogens with two attached hydrogens (primary N) is 1. The van der Waals surface area contributed by atoms with E-state index in [1.165, 1.54) is 6.07 Å². The van der Waals surface area contributed by atoms with Crippen LogP contribution in [-0.4, -0.2) is 32.6 Å². The fourth-order valence-corrected chi connectivity index (χ4v) is 2.77. The van der Waals surface area contributed by atoms with Crippen molar-refractivity contribution in [2.75, 3.05) is 6.54 Å². The Bertz CT molecular complexity index is 1130. The van der Waals surface area contributed by atoms with E-state index in [2.05, 4.69) is 47.3 Å². The first-order chi connectivity index (χ1) is 14.1. The third kappa shape index (κ3) is 4.97. The molecule has 0 radical (unpaired) electrons. The van der Waals surface area contributed by atoms with Crippen molar-refractivity contribution in [3.05, 3.63) is 77.8 Å². The molecule has 2 N–H and O–H groups in total. The molecule has 0 fully saturated rings. The molecule has 7 heteroatoms. The standard InChI is InChI=1S/C23H27FN6/c1-15(23(3,4)5)13-27-16(2)28-21(25)20-14-30-11-10-26-22(30)19(29-20)12-17-8-6-7-9-18(17)24/h6-11,14H,1,12-13H2,2-5H3,(H2,25,27,28). The Morgan fingerprint density at radius 3 is 2.70 bits per heavy atom. The Kier molecular flexibility index (Phi) is 6.10. The summed E-state index contributed by atoms with van der Waals surface area (Å²) in [5, 5.41) is 0. The molecule has 3 aromatic rings. The molecule has 6 nitrogen and oxygen atoms in total. The van der Waals surface area contributed by atoms with Crippen LogP contribution >= 0.6 is 0 Å². The molecule has 2 heterocycles. The Morgan fingerprint density at radius 2 is 2.00 bits per heavy atom. The summed E-state index contributed by atoms with van der Waals surface area (Å²) in [6.07, 6.45) is 5.52. The van der Waals surface area contributed by atoms with Crippen LogP contribution in [0.2, 0.25) is 0 Å². The van der Waals surface area contributed by atoms with Gasteiger partial charge in [-0.1, -0.05) is 51.1 Å². The van der Waals surface area contributed by atoms with Crippen LogP contribution in [0.1, 0.15) is 44.6 Å². The summed E-state index contributed by atoms with van der Waals surface area (Å²) in [4.78, 5) is 17.8. The zero-order chi connectivity index (χ0) is 21.9. The highest BCUT2D eigenvalue weighted by molar-refractivity contribution is 6.03. The lowest BCUT2D eigenvalue weighted by molar-refractivity contribution is 0.497. The first-order valence-corrected chi connectivity index (χ1v) is 9.75. The van der Waals surface area contributed by atoms with Crippen molar-refractivity contribution in [3.8, 4) is 0 Å². The Labute approximate surface area is 176 Å². The summed E-state index contributed by atoms with van der Waals surface area (Å²) < 4.78 is 16.0. The van der Waals surface area contributed by atoms with Crippen molar-refractivity contribution < 1.29 is 4.39 Å². The number of hydrogen-bond acceptors (Lipinski definition) is 3. The zero-order valence-electron chi connectivity index (χ0n) is 17.9. The van der Waals surface area contributed by atoms with Gasteiger partial charge in [-0.05, 0) is 24.0 Å². The van der Waals surface area contributed by atoms with Crippen LogP contribution in [0, 0.1) is 11.2 Å². The number of fused-ring (bicyclic) bond motifs is 1. The molecule has 30 heavy (non-hydrogen) atoms. The summed E-state index contributed by atoms with van der Waals surface area (Å²) in [5.74, 6) is 0.502. The molecule has 0 unspecified atom stereocenters. The van der Waals surface area contributed by atoms with Crippen molar-refractivity contribution in [3.63, 3.8) is 0 Å². The van der Waals surface area contributed by atoms with Crippen LogP contribution in [0.5, 0.6) is 0 Å². The third-order valence-electron chi connectivity index (χ3n) is 4.86. The number of nitrogens with zero attached hydrogens (tertiary/aromatic N) is 5. The van der Waals surface area contributed by atoms with Gasteiger partial charge in [0, 0.05) is 25.0 Å². The Morgan fingerprint density at radius 1 is 1.27 bits per heavy atom. The van der Waals surface area contributed by atoms with Crippen molar-refractivity contribution in [2.24, 2.45) is 21.1 Å². The molecule has 0 amide bonds. The maximum atomic E-state index is 14.1. The summed E-state index contributed by atoms with van der Waals surface area (Å²) in [7, 11) is 0. The van der Waals surface area contributed by atoms with Gasteiger partial charge < -0.3 is 10.1 Å². The zero-order valence-corrected chi connectivity index (χ0v) is 17.9. The van der Waals surface area contributed by atoms with E-state index in [9.17, 15) is 4.39 Å². The van der Waals surface area contributed by atoms with E-state index in [-0.39, 0.29) is 17.1 Å². The van der Waals surface area contributed by atoms with Gasteiger partial charge in [-0.15, -0.1) is 0 Å². The van der Waals surface area contributed by atoms with E-state index in [1.807, 2.05) is 4.40 Å². The predicted molar refractivity (Wildman–Crippen MR) is 119 cm³/mol. The van der Waals surface area contributed by atoms with E-state index in [0.717, 1.165) is 5.57 Å². The molecule has 0 aliphatic rings. The van der Waals surface area contributed by atoms with Gasteiger partial charge in [0.15, 0.2) is 11.5 Å². The quantitative estimate of drug-likeness (QED) is 0.392. The molecule has 3 rings (SSSR count). The maximum absolute atomic E-state index is 14.1. The smallest absolute Gasteiger partial charge is 0.158 e. The molecule has 1 aromatic carbocycles. The van der Waals surface area contributed by atoms with Crippen molar-refractivity contribution in [1.82, 2.24) is 14.4 Å². The van der Waals surface area contributed by atoms with Gasteiger partial charge in [-0.25, -0.2) is 19.4 Å². The SMILES string of the molecule is C=C(CN=C(C)N=C(N)c1cn2ccnc2c(Cc2ccccc2F)n1)C(C)(C)C. The largest absolute Gasteiger partial charge is 0.382 e. The highest BCUT2D eigenvalue weighted by Gasteiger charge is 2.15. The van der Waals surface area contributed by atoms with Crippen LogP contribution < -0.4 is 5.73 Å². The van der Waals surface area contributed by atoms with E-state index in [0.29, 0.717) is 41.4 Å². The summed E-state index contributed by atoms with van der Waals surface area (Å²) >= 11 is 0. The minimum Gasteiger partial charge on any atom is -0.382 e. The average Bonchev–Trinajstić information content (AvgIpc) is 3.16. The van der Waals surface area contributed by atoms with E-state index >= 15 is 0 Å². The van der Waals surface area contributed by atoms with Gasteiger partial charge in [-0.3, -0.25) is 4.99 Å². The van der Waals surface area contributed by atoms with Crippen LogP contribution in [0.4, 0.5) is 4.39 Å². The summed E-state index contributed by atoms with van der Waals surface area (Å²) in [6, 6.07) is 6.63. The third-order valence-corrected chi connectivity index (χ3v) is 4.86. The number of aromatic nitrogens is 3. The molecule has 2 aromatic heterocycles. The lowest BCUT2D eigenvalue weighted by Gasteiger charge is -2.20. The summed E-state index contributed by atoms with van der Waals surface area (Å²) in [5.41, 5.74) is 9.51. The first kappa shape index (κ1) is 21.4. The monoisotopic (exact) mass is 406 g/mol. The van der Waals surface area contributed by atoms with E-state index in [4.69, 9.17) is 5.73 Å². The first-order valence-electron chi connectivity index (χ1n) is 9.75. The highest BCUT2D eigenvalue weighted by Crippen LogP contribution is 2.23. The van der Waals surface area contributed by atoms with Crippen molar-refractivity contribution in [2.45, 2.75) is 34.1 Å². The van der Waals surface area contributed by atoms with E-state index < -0.39 is 0 Å². The van der Waals surface area contributed by atoms with Crippen molar-refractivity contribution >= 4 is 17.3 Å². The predicted octanol–water partition coefficient (Wildman–Crippen LogP) is 4.19. The van der Waals surface area contributed by atoms with Crippen molar-refractivity contribution in [1.29, 1.82) is 0 Å². The lowest BCUT2D eigenvalue weighted by atomic mass is 9.88. The minimum absolute atomic E-state index is 0.0192. The maximum Gasteiger partial charge on any atom is 0.158 e. The van der Waals surface area contributed by atoms with Crippen LogP contribution in [0.15, 0.2) is 65.0 Å². The number of halogens is 1. The highest BCUT2D eigenvalue weighted by atomic mass is 19.1. The fourth-order valence-electron chi connectivity index (χ4n) is 2.77. The van der Waals surface area contributed by atoms with Gasteiger partial charge in [0.1, 0.15) is 17.3 Å². The molecule has 0 bridgehead atoms. The number of amidine groups is 2. The van der Waals surface area contributed by atoms with Gasteiger partial charge in [-0.2, -0.15) is 0 Å². The lowest BCUT2D eigenvalue weighted by Crippen LogP contribution is -2.19. The number of hydrogen-bond donors (Lipinski definition) is 1. The number of aliphatic imine (C=N–C) groups is 2. The van der Waals surface area contributed by atoms with Crippen LogP contribution in [0.25, 0.3) is 5.65 Å². The second-order valence-electron chi connectivity index (χ2n) is 8.21. The molecule has 0 atom stereocenters. The van der Waals surface area contributed by atoms with Gasteiger partial charge in [0.05, 0.1) is 12.2 Å². The van der Waals surface area contributed by atoms with Gasteiger partial charge in [0.25, 0.3) is 0 Å². The van der Waals surface area contributed by atoms with Crippen LogP contribution in [0.3, 0.4) is 0 Å². The van der Waals surface area contributed by atoms with Gasteiger partial charge >= 0.3 is 0 Å². The fraction of sp³-hybridized carbons (Fsp3) is 0.304. The number of benzene rings is 1. The molecular weight excluding hydrogens is 379 g/mol. The molecule has 156 valence electrons. The van der Waals surface area contributed by atoms with Crippen LogP contribution in [-0.2, 0) is 6.42 Å². The normalized spacial score (nSPS) is 13.1. The number of rotatable bonds is 5.